The van der Waals surface area contributed by atoms with Gasteiger partial charge in [-0.2, -0.15) is 0 Å². The van der Waals surface area contributed by atoms with E-state index in [1.807, 2.05) is 0 Å². The van der Waals surface area contributed by atoms with Crippen molar-refractivity contribution >= 4 is 45.2 Å². The Morgan fingerprint density at radius 1 is 0.295 bits per heavy atom. The zero-order valence-corrected chi connectivity index (χ0v) is 33.5. The minimum Gasteiger partial charge on any atom is -0.488 e. The Balaban J connectivity index is 3.06. The quantitative estimate of drug-likeness (QED) is 0.0535. The van der Waals surface area contributed by atoms with Gasteiger partial charge in [-0.3, -0.25) is 0 Å². The largest absolute Gasteiger partial charge is 0.488 e. The summed E-state index contributed by atoms with van der Waals surface area (Å²) in [5, 5.41) is 0. The molecule has 0 radical (unpaired) electrons. The predicted octanol–water partition coefficient (Wildman–Crippen LogP) is 13.9. The summed E-state index contributed by atoms with van der Waals surface area (Å²) in [4.78, 5) is 0. The molecular weight excluding hydrogens is 774 g/mol. The van der Waals surface area contributed by atoms with E-state index in [4.69, 9.17) is 18.9 Å². The molecule has 0 aliphatic heterocycles. The van der Waals surface area contributed by atoms with Gasteiger partial charge in [0.1, 0.15) is 7.14 Å². The van der Waals surface area contributed by atoms with E-state index in [0.717, 1.165) is 55.8 Å². The average molecular weight is 843 g/mol. The highest BCUT2D eigenvalue weighted by Crippen LogP contribution is 2.50. The summed E-state index contributed by atoms with van der Waals surface area (Å²) < 4.78 is 28.2. The van der Waals surface area contributed by atoms with Crippen LogP contribution in [0.1, 0.15) is 182 Å². The Labute approximate surface area is 300 Å². The molecule has 0 atom stereocenters. The summed E-state index contributed by atoms with van der Waals surface area (Å²) in [5.41, 5.74) is 0. The SMILES string of the molecule is CCCCCCCCOc1c(I)c(OCCCCCCCC)c(OCCCCCCCC)c(I)c1OCCCCCCCC. The molecule has 0 saturated heterocycles. The van der Waals surface area contributed by atoms with E-state index in [1.54, 1.807) is 0 Å². The van der Waals surface area contributed by atoms with Crippen molar-refractivity contribution in [1.82, 2.24) is 0 Å². The van der Waals surface area contributed by atoms with Gasteiger partial charge in [-0.25, -0.2) is 0 Å². The van der Waals surface area contributed by atoms with E-state index in [0.29, 0.717) is 26.4 Å². The van der Waals surface area contributed by atoms with Crippen LogP contribution in [0.25, 0.3) is 0 Å². The fourth-order valence-electron chi connectivity index (χ4n) is 5.35. The Morgan fingerprint density at radius 3 is 0.682 bits per heavy atom. The van der Waals surface area contributed by atoms with E-state index in [2.05, 4.69) is 72.9 Å². The van der Waals surface area contributed by atoms with E-state index in [1.165, 1.54) is 128 Å². The van der Waals surface area contributed by atoms with Crippen LogP contribution in [0.5, 0.6) is 23.0 Å². The van der Waals surface area contributed by atoms with Gasteiger partial charge in [0.05, 0.1) is 26.4 Å². The molecule has 0 amide bonds. The molecule has 44 heavy (non-hydrogen) atoms. The molecule has 0 fully saturated rings. The molecule has 0 heterocycles. The maximum atomic E-state index is 6.54. The van der Waals surface area contributed by atoms with Gasteiger partial charge in [-0.1, -0.05) is 156 Å². The molecule has 0 aliphatic carbocycles. The van der Waals surface area contributed by atoms with Crippen molar-refractivity contribution in [2.45, 2.75) is 182 Å². The maximum Gasteiger partial charge on any atom is 0.179 e. The van der Waals surface area contributed by atoms with Crippen molar-refractivity contribution < 1.29 is 18.9 Å². The number of halogens is 2. The zero-order chi connectivity index (χ0) is 32.1. The van der Waals surface area contributed by atoms with Gasteiger partial charge in [-0.05, 0) is 70.9 Å². The molecule has 1 rings (SSSR count). The molecule has 0 N–H and O–H groups in total. The van der Waals surface area contributed by atoms with Gasteiger partial charge in [0, 0.05) is 0 Å². The van der Waals surface area contributed by atoms with Gasteiger partial charge >= 0.3 is 0 Å². The number of benzene rings is 1. The highest BCUT2D eigenvalue weighted by molar-refractivity contribution is 14.1. The van der Waals surface area contributed by atoms with Crippen LogP contribution in [0.3, 0.4) is 0 Å². The highest BCUT2D eigenvalue weighted by Gasteiger charge is 2.27. The topological polar surface area (TPSA) is 36.9 Å². The molecule has 0 spiro atoms. The summed E-state index contributed by atoms with van der Waals surface area (Å²) >= 11 is 4.84. The number of ether oxygens (including phenoxy) is 4. The van der Waals surface area contributed by atoms with Gasteiger partial charge < -0.3 is 18.9 Å². The van der Waals surface area contributed by atoms with Gasteiger partial charge in [0.25, 0.3) is 0 Å². The number of rotatable bonds is 32. The van der Waals surface area contributed by atoms with E-state index >= 15 is 0 Å². The lowest BCUT2D eigenvalue weighted by Crippen LogP contribution is -2.11. The molecule has 258 valence electrons. The molecule has 1 aromatic rings. The summed E-state index contributed by atoms with van der Waals surface area (Å²) in [7, 11) is 0. The first-order chi connectivity index (χ1) is 21.6. The van der Waals surface area contributed by atoms with Crippen LogP contribution >= 0.6 is 45.2 Å². The normalized spacial score (nSPS) is 11.2. The van der Waals surface area contributed by atoms with Crippen molar-refractivity contribution in [3.63, 3.8) is 0 Å². The lowest BCUT2D eigenvalue weighted by Gasteiger charge is -2.23. The first kappa shape index (κ1) is 41.9. The molecule has 0 aliphatic rings. The molecule has 0 bridgehead atoms. The first-order valence-electron chi connectivity index (χ1n) is 18.7. The van der Waals surface area contributed by atoms with Crippen LogP contribution in [0, 0.1) is 7.14 Å². The minimum absolute atomic E-state index is 0.709. The Kier molecular flexibility index (Phi) is 28.8. The second-order valence-corrected chi connectivity index (χ2v) is 14.6. The predicted molar refractivity (Wildman–Crippen MR) is 207 cm³/mol. The van der Waals surface area contributed by atoms with Crippen LogP contribution < -0.4 is 18.9 Å². The Hall–Kier alpha value is -0.120. The van der Waals surface area contributed by atoms with E-state index in [9.17, 15) is 0 Å². The fraction of sp³-hybridized carbons (Fsp3) is 0.842. The lowest BCUT2D eigenvalue weighted by atomic mass is 10.1. The fourth-order valence-corrected chi connectivity index (χ4v) is 6.95. The zero-order valence-electron chi connectivity index (χ0n) is 29.2. The van der Waals surface area contributed by atoms with Crippen LogP contribution in [-0.4, -0.2) is 26.4 Å². The van der Waals surface area contributed by atoms with Gasteiger partial charge in [0.2, 0.25) is 0 Å². The van der Waals surface area contributed by atoms with Crippen LogP contribution in [0.2, 0.25) is 0 Å². The Morgan fingerprint density at radius 2 is 0.477 bits per heavy atom. The second kappa shape index (κ2) is 30.2. The standard InChI is InChI=1S/C38H68I2O4/c1-5-9-13-17-21-25-29-41-35-33(39)37(43-31-27-23-19-15-11-7-3)38(44-32-28-24-20-16-12-8-4)34(40)36(35)42-30-26-22-18-14-10-6-2/h5-32H2,1-4H3. The summed E-state index contributed by atoms with van der Waals surface area (Å²) in [6.07, 6.45) is 29.9. The van der Waals surface area contributed by atoms with Crippen LogP contribution in [0.4, 0.5) is 0 Å². The third-order valence-corrected chi connectivity index (χ3v) is 10.1. The lowest BCUT2D eigenvalue weighted by molar-refractivity contribution is 0.233. The number of hydrogen-bond donors (Lipinski definition) is 0. The third kappa shape index (κ3) is 19.5. The van der Waals surface area contributed by atoms with Crippen LogP contribution in [-0.2, 0) is 0 Å². The highest BCUT2D eigenvalue weighted by atomic mass is 127. The van der Waals surface area contributed by atoms with Crippen molar-refractivity contribution in [2.75, 3.05) is 26.4 Å². The smallest absolute Gasteiger partial charge is 0.179 e. The number of unbranched alkanes of at least 4 members (excludes halogenated alkanes) is 20. The summed E-state index contributed by atoms with van der Waals surface area (Å²) in [6.45, 7) is 11.9. The monoisotopic (exact) mass is 842 g/mol. The molecule has 4 nitrogen and oxygen atoms in total. The van der Waals surface area contributed by atoms with E-state index in [-0.39, 0.29) is 0 Å². The Bertz CT molecular complexity index is 676. The second-order valence-electron chi connectivity index (χ2n) is 12.4. The maximum absolute atomic E-state index is 6.54. The average Bonchev–Trinajstić information content (AvgIpc) is 3.02. The van der Waals surface area contributed by atoms with Crippen molar-refractivity contribution in [3.8, 4) is 23.0 Å². The minimum atomic E-state index is 0.709. The van der Waals surface area contributed by atoms with Crippen LogP contribution in [0.15, 0.2) is 0 Å². The first-order valence-corrected chi connectivity index (χ1v) is 20.8. The molecule has 0 unspecified atom stereocenters. The molecular formula is C38H68I2O4. The van der Waals surface area contributed by atoms with Crippen molar-refractivity contribution in [3.05, 3.63) is 7.14 Å². The molecule has 1 aromatic carbocycles. The molecule has 6 heteroatoms. The van der Waals surface area contributed by atoms with Crippen molar-refractivity contribution in [1.29, 1.82) is 0 Å². The van der Waals surface area contributed by atoms with Gasteiger partial charge in [-0.15, -0.1) is 0 Å². The molecule has 0 saturated carbocycles. The van der Waals surface area contributed by atoms with Crippen molar-refractivity contribution in [2.24, 2.45) is 0 Å². The number of hydrogen-bond acceptors (Lipinski definition) is 4. The molecule has 0 aromatic heterocycles. The summed E-state index contributed by atoms with van der Waals surface area (Å²) in [5.74, 6) is 3.39. The van der Waals surface area contributed by atoms with E-state index < -0.39 is 0 Å². The third-order valence-electron chi connectivity index (χ3n) is 8.19. The van der Waals surface area contributed by atoms with Gasteiger partial charge in [0.15, 0.2) is 23.0 Å². The summed E-state index contributed by atoms with van der Waals surface area (Å²) in [6, 6.07) is 0.